The average molecular weight is 359 g/mol. The third-order valence-electron chi connectivity index (χ3n) is 5.99. The normalized spacial score (nSPS) is 21.2. The van der Waals surface area contributed by atoms with E-state index in [0.29, 0.717) is 12.6 Å². The topological polar surface area (TPSA) is 70.5 Å². The monoisotopic (exact) mass is 359 g/mol. The molecule has 0 atom stereocenters. The fourth-order valence-corrected chi connectivity index (χ4v) is 4.35. The van der Waals surface area contributed by atoms with Crippen LogP contribution in [0.4, 0.5) is 4.79 Å². The summed E-state index contributed by atoms with van der Waals surface area (Å²) >= 11 is 0. The zero-order valence-electron chi connectivity index (χ0n) is 15.5. The molecule has 1 N–H and O–H groups in total. The fourth-order valence-electron chi connectivity index (χ4n) is 4.35. The largest absolute Gasteiger partial charge is 0.335 e. The molecule has 7 nitrogen and oxygen atoms in total. The van der Waals surface area contributed by atoms with E-state index in [2.05, 4.69) is 15.3 Å². The highest BCUT2D eigenvalue weighted by Gasteiger charge is 2.24. The number of piperazine rings is 1. The Morgan fingerprint density at radius 2 is 1.85 bits per heavy atom. The first-order valence-corrected chi connectivity index (χ1v) is 10.1. The maximum Gasteiger partial charge on any atom is 0.317 e. The summed E-state index contributed by atoms with van der Waals surface area (Å²) in [6, 6.07) is 2.23. The Balaban J connectivity index is 1.24. The van der Waals surface area contributed by atoms with Gasteiger partial charge in [0.15, 0.2) is 0 Å². The van der Waals surface area contributed by atoms with E-state index < -0.39 is 0 Å². The molecular formula is C19H29N5O2. The van der Waals surface area contributed by atoms with Crippen LogP contribution in [-0.2, 0) is 19.4 Å². The van der Waals surface area contributed by atoms with Crippen molar-refractivity contribution in [1.29, 1.82) is 0 Å². The van der Waals surface area contributed by atoms with E-state index in [1.165, 1.54) is 12.8 Å². The van der Waals surface area contributed by atoms with Crippen LogP contribution in [0.3, 0.4) is 0 Å². The maximum absolute atomic E-state index is 12.3. The lowest BCUT2D eigenvalue weighted by atomic mass is 10.2. The molecule has 2 fully saturated rings. The summed E-state index contributed by atoms with van der Waals surface area (Å²) in [4.78, 5) is 28.8. The molecule has 0 aromatic carbocycles. The molecule has 26 heavy (non-hydrogen) atoms. The lowest BCUT2D eigenvalue weighted by molar-refractivity contribution is 0.133. The van der Waals surface area contributed by atoms with Crippen LogP contribution < -0.4 is 10.9 Å². The number of aromatic nitrogens is 2. The van der Waals surface area contributed by atoms with Crippen molar-refractivity contribution in [2.75, 3.05) is 32.7 Å². The molecule has 7 heteroatoms. The molecule has 2 aliphatic carbocycles. The molecule has 0 radical (unpaired) electrons. The van der Waals surface area contributed by atoms with Crippen LogP contribution in [0.1, 0.15) is 43.4 Å². The molecule has 1 saturated carbocycles. The predicted molar refractivity (Wildman–Crippen MR) is 99.3 cm³/mol. The molecule has 4 rings (SSSR count). The summed E-state index contributed by atoms with van der Waals surface area (Å²) in [5.41, 5.74) is 2.24. The summed E-state index contributed by atoms with van der Waals surface area (Å²) < 4.78 is 1.61. The zero-order valence-corrected chi connectivity index (χ0v) is 15.5. The number of nitrogens with one attached hydrogen (secondary N) is 1. The number of rotatable bonds is 4. The van der Waals surface area contributed by atoms with E-state index in [4.69, 9.17) is 0 Å². The Labute approximate surface area is 154 Å². The highest BCUT2D eigenvalue weighted by molar-refractivity contribution is 5.74. The van der Waals surface area contributed by atoms with Crippen molar-refractivity contribution < 1.29 is 4.79 Å². The second-order valence-electron chi connectivity index (χ2n) is 7.79. The summed E-state index contributed by atoms with van der Waals surface area (Å²) in [5.74, 6) is 0. The SMILES string of the molecule is O=C(NC1CCCC1)N1CCN(CCn2nc3c(cc2=O)CCC3)CC1. The van der Waals surface area contributed by atoms with Crippen LogP contribution in [0.15, 0.2) is 10.9 Å². The van der Waals surface area contributed by atoms with Crippen molar-refractivity contribution in [3.63, 3.8) is 0 Å². The van der Waals surface area contributed by atoms with Gasteiger partial charge in [0.2, 0.25) is 0 Å². The summed E-state index contributed by atoms with van der Waals surface area (Å²) in [5, 5.41) is 7.71. The van der Waals surface area contributed by atoms with Gasteiger partial charge in [0.1, 0.15) is 0 Å². The number of fused-ring (bicyclic) bond motifs is 1. The van der Waals surface area contributed by atoms with Gasteiger partial charge in [-0.2, -0.15) is 5.10 Å². The third-order valence-corrected chi connectivity index (χ3v) is 5.99. The molecular weight excluding hydrogens is 330 g/mol. The number of aryl methyl sites for hydroxylation is 2. The number of urea groups is 1. The first-order chi connectivity index (χ1) is 12.7. The average Bonchev–Trinajstić information content (AvgIpc) is 3.31. The van der Waals surface area contributed by atoms with Crippen molar-refractivity contribution in [1.82, 2.24) is 24.9 Å². The van der Waals surface area contributed by atoms with E-state index in [1.54, 1.807) is 10.7 Å². The smallest absolute Gasteiger partial charge is 0.317 e. The second kappa shape index (κ2) is 7.78. The Morgan fingerprint density at radius 1 is 1.08 bits per heavy atom. The van der Waals surface area contributed by atoms with Crippen molar-refractivity contribution in [3.05, 3.63) is 27.7 Å². The number of hydrogen-bond acceptors (Lipinski definition) is 4. The molecule has 0 spiro atoms. The Bertz CT molecular complexity index is 702. The van der Waals surface area contributed by atoms with Gasteiger partial charge in [-0.15, -0.1) is 0 Å². The molecule has 0 unspecified atom stereocenters. The molecule has 2 amide bonds. The standard InChI is InChI=1S/C19H29N5O2/c25-18-14-15-4-3-7-17(15)21-24(18)13-10-22-8-11-23(12-9-22)19(26)20-16-5-1-2-6-16/h14,16H,1-13H2,(H,20,26). The summed E-state index contributed by atoms with van der Waals surface area (Å²) in [6.45, 7) is 4.66. The lowest BCUT2D eigenvalue weighted by Gasteiger charge is -2.35. The Morgan fingerprint density at radius 3 is 2.62 bits per heavy atom. The number of carbonyl (C=O) groups excluding carboxylic acids is 1. The number of nitrogens with zero attached hydrogens (tertiary/aromatic N) is 4. The van der Waals surface area contributed by atoms with Crippen LogP contribution in [0.5, 0.6) is 0 Å². The van der Waals surface area contributed by atoms with Crippen molar-refractivity contribution in [2.24, 2.45) is 0 Å². The maximum atomic E-state index is 12.3. The van der Waals surface area contributed by atoms with E-state index in [1.807, 2.05) is 4.90 Å². The molecule has 3 aliphatic rings. The van der Waals surface area contributed by atoms with Gasteiger partial charge in [0, 0.05) is 44.8 Å². The quantitative estimate of drug-likeness (QED) is 0.871. The van der Waals surface area contributed by atoms with Gasteiger partial charge in [-0.3, -0.25) is 9.69 Å². The van der Waals surface area contributed by atoms with Crippen LogP contribution in [0.25, 0.3) is 0 Å². The van der Waals surface area contributed by atoms with Gasteiger partial charge in [-0.1, -0.05) is 12.8 Å². The first kappa shape index (κ1) is 17.5. The zero-order chi connectivity index (χ0) is 17.9. The van der Waals surface area contributed by atoms with Gasteiger partial charge < -0.3 is 10.2 Å². The molecule has 1 aromatic rings. The van der Waals surface area contributed by atoms with Crippen LogP contribution in [0.2, 0.25) is 0 Å². The van der Waals surface area contributed by atoms with E-state index in [9.17, 15) is 9.59 Å². The fraction of sp³-hybridized carbons (Fsp3) is 0.737. The molecule has 0 bridgehead atoms. The van der Waals surface area contributed by atoms with Crippen LogP contribution in [-0.4, -0.2) is 64.4 Å². The summed E-state index contributed by atoms with van der Waals surface area (Å²) in [7, 11) is 0. The minimum absolute atomic E-state index is 0.0141. The minimum atomic E-state index is 0.0141. The van der Waals surface area contributed by atoms with E-state index in [0.717, 1.165) is 76.1 Å². The number of carbonyl (C=O) groups is 1. The molecule has 142 valence electrons. The predicted octanol–water partition coefficient (Wildman–Crippen LogP) is 1.00. The highest BCUT2D eigenvalue weighted by atomic mass is 16.2. The highest BCUT2D eigenvalue weighted by Crippen LogP contribution is 2.18. The third kappa shape index (κ3) is 3.92. The van der Waals surface area contributed by atoms with Crippen LogP contribution in [0, 0.1) is 0 Å². The van der Waals surface area contributed by atoms with E-state index >= 15 is 0 Å². The van der Waals surface area contributed by atoms with Crippen molar-refractivity contribution in [3.8, 4) is 0 Å². The molecule has 2 heterocycles. The van der Waals surface area contributed by atoms with Gasteiger partial charge in [-0.05, 0) is 37.7 Å². The van der Waals surface area contributed by atoms with Gasteiger partial charge >= 0.3 is 6.03 Å². The van der Waals surface area contributed by atoms with Crippen molar-refractivity contribution >= 4 is 6.03 Å². The Hall–Kier alpha value is -1.89. The molecule has 1 saturated heterocycles. The van der Waals surface area contributed by atoms with E-state index in [-0.39, 0.29) is 11.6 Å². The van der Waals surface area contributed by atoms with Gasteiger partial charge in [-0.25, -0.2) is 9.48 Å². The number of amides is 2. The minimum Gasteiger partial charge on any atom is -0.335 e. The lowest BCUT2D eigenvalue weighted by Crippen LogP contribution is -2.53. The van der Waals surface area contributed by atoms with Crippen molar-refractivity contribution in [2.45, 2.75) is 57.5 Å². The van der Waals surface area contributed by atoms with Crippen LogP contribution >= 0.6 is 0 Å². The second-order valence-corrected chi connectivity index (χ2v) is 7.79. The first-order valence-electron chi connectivity index (χ1n) is 10.1. The molecule has 1 aliphatic heterocycles. The van der Waals surface area contributed by atoms with Gasteiger partial charge in [0.05, 0.1) is 12.2 Å². The summed E-state index contributed by atoms with van der Waals surface area (Å²) in [6.07, 6.45) is 7.79. The Kier molecular flexibility index (Phi) is 5.24. The number of hydrogen-bond donors (Lipinski definition) is 1. The molecule has 1 aromatic heterocycles. The van der Waals surface area contributed by atoms with Gasteiger partial charge in [0.25, 0.3) is 5.56 Å².